The topological polar surface area (TPSA) is 21.3 Å². The van der Waals surface area contributed by atoms with Gasteiger partial charge in [0.25, 0.3) is 0 Å². The summed E-state index contributed by atoms with van der Waals surface area (Å²) in [5.74, 6) is 0. The first-order valence-corrected chi connectivity index (χ1v) is 3.61. The number of hydrogen-bond acceptors (Lipinski definition) is 2. The minimum Gasteiger partial charge on any atom is -0.372 e. The van der Waals surface area contributed by atoms with Gasteiger partial charge in [0, 0.05) is 6.61 Å². The van der Waals surface area contributed by atoms with Crippen LogP contribution in [0.1, 0.15) is 19.8 Å². The fraction of sp³-hybridized carbons (Fsp3) is 0.857. The summed E-state index contributed by atoms with van der Waals surface area (Å²) in [6.45, 7) is 5.05. The zero-order valence-electron chi connectivity index (χ0n) is 5.94. The molecule has 0 aromatic heterocycles. The van der Waals surface area contributed by atoms with Crippen molar-refractivity contribution in [3.8, 4) is 0 Å². The average Bonchev–Trinajstić information content (AvgIpc) is 1.91. The molecule has 1 saturated heterocycles. The van der Waals surface area contributed by atoms with Gasteiger partial charge in [-0.25, -0.2) is 0 Å². The molecule has 1 heterocycles. The quantitative estimate of drug-likeness (QED) is 0.597. The summed E-state index contributed by atoms with van der Waals surface area (Å²) in [5.41, 5.74) is 0. The predicted molar refractivity (Wildman–Crippen MR) is 37.0 cm³/mol. The normalized spacial score (nSPS) is 22.3. The van der Waals surface area contributed by atoms with Crippen molar-refractivity contribution in [2.24, 2.45) is 0 Å². The van der Waals surface area contributed by atoms with E-state index in [0.29, 0.717) is 0 Å². The van der Waals surface area contributed by atoms with E-state index in [2.05, 4.69) is 5.32 Å². The van der Waals surface area contributed by atoms with Crippen LogP contribution in [0.25, 0.3) is 0 Å². The van der Waals surface area contributed by atoms with Crippen LogP contribution < -0.4 is 5.32 Å². The van der Waals surface area contributed by atoms with Gasteiger partial charge >= 0.3 is 0 Å². The monoisotopic (exact) mass is 128 g/mol. The van der Waals surface area contributed by atoms with E-state index in [0.717, 1.165) is 32.5 Å². The van der Waals surface area contributed by atoms with E-state index in [-0.39, 0.29) is 0 Å². The van der Waals surface area contributed by atoms with Crippen molar-refractivity contribution in [3.63, 3.8) is 0 Å². The molecule has 9 heavy (non-hydrogen) atoms. The van der Waals surface area contributed by atoms with Crippen LogP contribution in [0.2, 0.25) is 0 Å². The lowest BCUT2D eigenvalue weighted by molar-refractivity contribution is 0.128. The largest absolute Gasteiger partial charge is 0.372 e. The van der Waals surface area contributed by atoms with E-state index in [1.54, 1.807) is 0 Å². The van der Waals surface area contributed by atoms with Crippen molar-refractivity contribution >= 4 is 0 Å². The minimum atomic E-state index is 0.829. The maximum atomic E-state index is 5.36. The zero-order chi connectivity index (χ0) is 6.53. The van der Waals surface area contributed by atoms with Crippen molar-refractivity contribution < 1.29 is 4.74 Å². The Kier molecular flexibility index (Phi) is 3.01. The SMILES string of the molecule is CCO[C]1CCNCC1. The molecule has 1 radical (unpaired) electrons. The number of hydrogen-bond donors (Lipinski definition) is 1. The molecule has 1 fully saturated rings. The third-order valence-electron chi connectivity index (χ3n) is 1.51. The summed E-state index contributed by atoms with van der Waals surface area (Å²) < 4.78 is 5.36. The third kappa shape index (κ3) is 2.33. The Balaban J connectivity index is 2.08. The van der Waals surface area contributed by atoms with Crippen molar-refractivity contribution in [1.82, 2.24) is 5.32 Å². The van der Waals surface area contributed by atoms with Crippen LogP contribution in [-0.2, 0) is 4.74 Å². The molecule has 0 aromatic rings. The molecule has 0 aliphatic carbocycles. The van der Waals surface area contributed by atoms with E-state index in [1.807, 2.05) is 6.92 Å². The summed E-state index contributed by atoms with van der Waals surface area (Å²) in [7, 11) is 0. The Bertz CT molecular complexity index is 66.6. The summed E-state index contributed by atoms with van der Waals surface area (Å²) in [6, 6.07) is 0. The first-order chi connectivity index (χ1) is 4.43. The summed E-state index contributed by atoms with van der Waals surface area (Å²) >= 11 is 0. The molecule has 2 heteroatoms. The standard InChI is InChI=1S/C7H14NO/c1-2-9-7-3-5-8-6-4-7/h8H,2-6H2,1H3. The van der Waals surface area contributed by atoms with Gasteiger partial charge in [0.1, 0.15) is 0 Å². The second-order valence-corrected chi connectivity index (χ2v) is 2.22. The fourth-order valence-corrected chi connectivity index (χ4v) is 1.05. The Hall–Kier alpha value is -0.0800. The molecule has 0 spiro atoms. The van der Waals surface area contributed by atoms with Crippen molar-refractivity contribution in [1.29, 1.82) is 0 Å². The van der Waals surface area contributed by atoms with Gasteiger partial charge in [0.05, 0.1) is 6.10 Å². The van der Waals surface area contributed by atoms with Gasteiger partial charge in [-0.3, -0.25) is 0 Å². The van der Waals surface area contributed by atoms with Crippen molar-refractivity contribution in [2.45, 2.75) is 19.8 Å². The lowest BCUT2D eigenvalue weighted by Crippen LogP contribution is -2.27. The molecule has 2 nitrogen and oxygen atoms in total. The van der Waals surface area contributed by atoms with Gasteiger partial charge in [0.15, 0.2) is 0 Å². The highest BCUT2D eigenvalue weighted by atomic mass is 16.5. The second-order valence-electron chi connectivity index (χ2n) is 2.22. The van der Waals surface area contributed by atoms with Gasteiger partial charge in [-0.05, 0) is 32.9 Å². The average molecular weight is 128 g/mol. The van der Waals surface area contributed by atoms with Crippen molar-refractivity contribution in [2.75, 3.05) is 19.7 Å². The Morgan fingerprint density at radius 1 is 1.44 bits per heavy atom. The second kappa shape index (κ2) is 3.85. The van der Waals surface area contributed by atoms with Gasteiger partial charge in [-0.1, -0.05) is 0 Å². The summed E-state index contributed by atoms with van der Waals surface area (Å²) in [4.78, 5) is 0. The Morgan fingerprint density at radius 2 is 2.11 bits per heavy atom. The van der Waals surface area contributed by atoms with Gasteiger partial charge in [-0.15, -0.1) is 0 Å². The van der Waals surface area contributed by atoms with Crippen LogP contribution in [0.3, 0.4) is 0 Å². The van der Waals surface area contributed by atoms with Crippen molar-refractivity contribution in [3.05, 3.63) is 6.10 Å². The molecule has 1 aliphatic heterocycles. The van der Waals surface area contributed by atoms with E-state index < -0.39 is 0 Å². The predicted octanol–water partition coefficient (Wildman–Crippen LogP) is 0.938. The maximum absolute atomic E-state index is 5.36. The zero-order valence-corrected chi connectivity index (χ0v) is 5.94. The molecule has 0 bridgehead atoms. The molecular weight excluding hydrogens is 114 g/mol. The molecule has 1 rings (SSSR count). The van der Waals surface area contributed by atoms with E-state index >= 15 is 0 Å². The van der Waals surface area contributed by atoms with Gasteiger partial charge in [0.2, 0.25) is 0 Å². The minimum absolute atomic E-state index is 0.829. The van der Waals surface area contributed by atoms with Crippen LogP contribution in [0, 0.1) is 6.10 Å². The smallest absolute Gasteiger partial charge is 0.0995 e. The molecule has 0 amide bonds. The molecular formula is C7H14NO. The molecule has 0 atom stereocenters. The van der Waals surface area contributed by atoms with E-state index in [1.165, 1.54) is 6.10 Å². The van der Waals surface area contributed by atoms with Crippen LogP contribution in [-0.4, -0.2) is 19.7 Å². The Labute approximate surface area is 56.6 Å². The van der Waals surface area contributed by atoms with Crippen LogP contribution in [0.15, 0.2) is 0 Å². The molecule has 0 aromatic carbocycles. The number of nitrogens with one attached hydrogen (secondary N) is 1. The highest BCUT2D eigenvalue weighted by molar-refractivity contribution is 4.84. The van der Waals surface area contributed by atoms with Gasteiger partial charge < -0.3 is 10.1 Å². The van der Waals surface area contributed by atoms with Crippen LogP contribution >= 0.6 is 0 Å². The lowest BCUT2D eigenvalue weighted by Gasteiger charge is -2.20. The first kappa shape index (κ1) is 7.03. The first-order valence-electron chi connectivity index (χ1n) is 3.61. The van der Waals surface area contributed by atoms with Crippen LogP contribution in [0.4, 0.5) is 0 Å². The molecule has 1 N–H and O–H groups in total. The lowest BCUT2D eigenvalue weighted by atomic mass is 10.1. The molecule has 53 valence electrons. The van der Waals surface area contributed by atoms with Crippen LogP contribution in [0.5, 0.6) is 0 Å². The highest BCUT2D eigenvalue weighted by Gasteiger charge is 2.12. The third-order valence-corrected chi connectivity index (χ3v) is 1.51. The maximum Gasteiger partial charge on any atom is 0.0995 e. The summed E-state index contributed by atoms with van der Waals surface area (Å²) in [5, 5.41) is 3.27. The fourth-order valence-electron chi connectivity index (χ4n) is 1.05. The molecule has 0 saturated carbocycles. The van der Waals surface area contributed by atoms with E-state index in [9.17, 15) is 0 Å². The van der Waals surface area contributed by atoms with Gasteiger partial charge in [-0.2, -0.15) is 0 Å². The highest BCUT2D eigenvalue weighted by Crippen LogP contribution is 2.14. The number of piperidine rings is 1. The Morgan fingerprint density at radius 3 is 2.67 bits per heavy atom. The van der Waals surface area contributed by atoms with E-state index in [4.69, 9.17) is 4.74 Å². The molecule has 1 aliphatic rings. The number of ether oxygens (including phenoxy) is 1. The molecule has 0 unspecified atom stereocenters. The number of rotatable bonds is 2. The summed E-state index contributed by atoms with van der Waals surface area (Å²) in [6.07, 6.45) is 3.48.